The number of hydrogen-bond donors (Lipinski definition) is 1. The molecule has 0 aromatic heterocycles. The Morgan fingerprint density at radius 3 is 2.14 bits per heavy atom. The molecule has 1 aliphatic heterocycles. The van der Waals surface area contributed by atoms with Gasteiger partial charge in [-0.2, -0.15) is 0 Å². The average molecular weight is 532 g/mol. The number of carbonyl (C=O) groups excluding carboxylic acids is 1. The fourth-order valence-corrected chi connectivity index (χ4v) is 4.73. The van der Waals surface area contributed by atoms with E-state index >= 15 is 0 Å². The molecule has 184 valence electrons. The van der Waals surface area contributed by atoms with Crippen molar-refractivity contribution < 1.29 is 14.5 Å². The van der Waals surface area contributed by atoms with Crippen LogP contribution in [0.5, 0.6) is 11.5 Å². The molecule has 9 heteroatoms. The molecule has 0 radical (unpaired) electrons. The molecule has 1 heterocycles. The lowest BCUT2D eigenvalue weighted by molar-refractivity contribution is -0.384. The van der Waals surface area contributed by atoms with Crippen molar-refractivity contribution in [2.24, 2.45) is 0 Å². The van der Waals surface area contributed by atoms with Gasteiger partial charge in [0.25, 0.3) is 11.6 Å². The molecule has 1 fully saturated rings. The number of hydrogen-bond acceptors (Lipinski definition) is 5. The average Bonchev–Trinajstić information content (AvgIpc) is 3.20. The van der Waals surface area contributed by atoms with Gasteiger partial charge in [0.15, 0.2) is 0 Å². The zero-order valence-electron chi connectivity index (χ0n) is 19.2. The Morgan fingerprint density at radius 1 is 0.865 bits per heavy atom. The molecule has 4 aromatic rings. The zero-order chi connectivity index (χ0) is 25.9. The van der Waals surface area contributed by atoms with E-state index in [1.165, 1.54) is 17.0 Å². The smallest absolute Gasteiger partial charge is 0.276 e. The lowest BCUT2D eigenvalue weighted by Gasteiger charge is -2.25. The summed E-state index contributed by atoms with van der Waals surface area (Å²) in [4.78, 5) is 25.8. The first-order chi connectivity index (χ1) is 17.9. The number of carbonyl (C=O) groups is 1. The third kappa shape index (κ3) is 5.14. The maximum atomic E-state index is 13.7. The first kappa shape index (κ1) is 24.4. The molecular weight excluding hydrogens is 513 g/mol. The number of nitrogens with zero attached hydrogens (tertiary/aromatic N) is 2. The molecule has 1 atom stereocenters. The standard InChI is InChI=1S/C28H19Cl2N3O4/c29-23-16-20(33(35)36)17-24(30)26(23)32-27(19-9-3-1-4-10-19)31-25(28(32)34)15-18-8-7-13-22(14-18)37-21-11-5-2-6-12-21/h1-17,27,31H/b25-15-/t27-/m0/s1. The molecule has 0 unspecified atom stereocenters. The van der Waals surface area contributed by atoms with Crippen molar-refractivity contribution >= 4 is 46.6 Å². The summed E-state index contributed by atoms with van der Waals surface area (Å²) in [5.74, 6) is 0.921. The summed E-state index contributed by atoms with van der Waals surface area (Å²) in [6.45, 7) is 0. The lowest BCUT2D eigenvalue weighted by atomic mass is 10.1. The molecule has 0 aliphatic carbocycles. The summed E-state index contributed by atoms with van der Waals surface area (Å²) in [5, 5.41) is 14.5. The van der Waals surface area contributed by atoms with E-state index in [4.69, 9.17) is 27.9 Å². The van der Waals surface area contributed by atoms with Crippen molar-refractivity contribution in [3.63, 3.8) is 0 Å². The highest BCUT2D eigenvalue weighted by Gasteiger charge is 2.39. The van der Waals surface area contributed by atoms with Gasteiger partial charge in [-0.05, 0) is 41.5 Å². The monoisotopic (exact) mass is 531 g/mol. The van der Waals surface area contributed by atoms with Crippen molar-refractivity contribution in [1.29, 1.82) is 0 Å². The fourth-order valence-electron chi connectivity index (χ4n) is 4.07. The number of nitrogens with one attached hydrogen (secondary N) is 1. The van der Waals surface area contributed by atoms with Gasteiger partial charge >= 0.3 is 0 Å². The maximum Gasteiger partial charge on any atom is 0.276 e. The third-order valence-electron chi connectivity index (χ3n) is 5.72. The molecular formula is C28H19Cl2N3O4. The molecule has 7 nitrogen and oxygen atoms in total. The predicted molar refractivity (Wildman–Crippen MR) is 144 cm³/mol. The maximum absolute atomic E-state index is 13.7. The van der Waals surface area contributed by atoms with Gasteiger partial charge in [-0.3, -0.25) is 19.8 Å². The predicted octanol–water partition coefficient (Wildman–Crippen LogP) is 7.37. The quantitative estimate of drug-likeness (QED) is 0.159. The van der Waals surface area contributed by atoms with Crippen molar-refractivity contribution in [3.8, 4) is 11.5 Å². The fraction of sp³-hybridized carbons (Fsp3) is 0.0357. The normalized spacial score (nSPS) is 16.1. The molecule has 1 saturated heterocycles. The van der Waals surface area contributed by atoms with Crippen LogP contribution in [0.3, 0.4) is 0 Å². The van der Waals surface area contributed by atoms with Crippen LogP contribution in [0.25, 0.3) is 6.08 Å². The third-order valence-corrected chi connectivity index (χ3v) is 6.29. The van der Waals surface area contributed by atoms with Gasteiger partial charge in [0.1, 0.15) is 23.4 Å². The van der Waals surface area contributed by atoms with Crippen LogP contribution in [-0.4, -0.2) is 10.8 Å². The minimum Gasteiger partial charge on any atom is -0.457 e. The minimum absolute atomic E-state index is 0.00482. The van der Waals surface area contributed by atoms with Crippen LogP contribution in [0.1, 0.15) is 17.3 Å². The summed E-state index contributed by atoms with van der Waals surface area (Å²) in [6, 6.07) is 28.4. The van der Waals surface area contributed by atoms with Gasteiger partial charge < -0.3 is 10.1 Å². The van der Waals surface area contributed by atoms with Gasteiger partial charge in [0.05, 0.1) is 20.7 Å². The summed E-state index contributed by atoms with van der Waals surface area (Å²) >= 11 is 12.9. The molecule has 37 heavy (non-hydrogen) atoms. The lowest BCUT2D eigenvalue weighted by Crippen LogP contribution is -2.30. The highest BCUT2D eigenvalue weighted by Crippen LogP contribution is 2.43. The molecule has 0 bridgehead atoms. The zero-order valence-corrected chi connectivity index (χ0v) is 20.7. The number of nitro benzene ring substituents is 1. The first-order valence-corrected chi connectivity index (χ1v) is 12.0. The summed E-state index contributed by atoms with van der Waals surface area (Å²) < 4.78 is 5.92. The van der Waals surface area contributed by atoms with E-state index in [1.54, 1.807) is 6.08 Å². The number of para-hydroxylation sites is 1. The van der Waals surface area contributed by atoms with Crippen molar-refractivity contribution in [2.45, 2.75) is 6.17 Å². The second kappa shape index (κ2) is 10.3. The van der Waals surface area contributed by atoms with Gasteiger partial charge in [0, 0.05) is 12.1 Å². The first-order valence-electron chi connectivity index (χ1n) is 11.2. The topological polar surface area (TPSA) is 84.7 Å². The number of ether oxygens (including phenoxy) is 1. The molecule has 1 aliphatic rings. The molecule has 1 amide bonds. The Labute approximate surface area is 222 Å². The van der Waals surface area contributed by atoms with E-state index < -0.39 is 11.1 Å². The van der Waals surface area contributed by atoms with E-state index in [1.807, 2.05) is 84.9 Å². The van der Waals surface area contributed by atoms with Crippen molar-refractivity contribution in [2.75, 3.05) is 4.90 Å². The summed E-state index contributed by atoms with van der Waals surface area (Å²) in [6.07, 6.45) is 1.07. The molecule has 0 spiro atoms. The van der Waals surface area contributed by atoms with Gasteiger partial charge in [0.2, 0.25) is 0 Å². The Morgan fingerprint density at radius 2 is 1.49 bits per heavy atom. The Balaban J connectivity index is 1.54. The summed E-state index contributed by atoms with van der Waals surface area (Å²) in [7, 11) is 0. The summed E-state index contributed by atoms with van der Waals surface area (Å²) in [5.41, 5.74) is 1.74. The van der Waals surface area contributed by atoms with E-state index in [9.17, 15) is 14.9 Å². The number of rotatable bonds is 6. The van der Waals surface area contributed by atoms with E-state index in [0.29, 0.717) is 17.2 Å². The van der Waals surface area contributed by atoms with E-state index in [-0.39, 0.29) is 27.3 Å². The van der Waals surface area contributed by atoms with Gasteiger partial charge in [-0.25, -0.2) is 0 Å². The van der Waals surface area contributed by atoms with Gasteiger partial charge in [-0.1, -0.05) is 83.9 Å². The van der Waals surface area contributed by atoms with E-state index in [2.05, 4.69) is 5.32 Å². The Bertz CT molecular complexity index is 1490. The number of anilines is 1. The van der Waals surface area contributed by atoms with Crippen molar-refractivity contribution in [3.05, 3.63) is 134 Å². The number of benzene rings is 4. The van der Waals surface area contributed by atoms with Crippen LogP contribution in [0.2, 0.25) is 10.0 Å². The van der Waals surface area contributed by atoms with Crippen LogP contribution >= 0.6 is 23.2 Å². The number of halogens is 2. The number of nitro groups is 1. The Kier molecular flexibility index (Phi) is 6.81. The second-order valence-corrected chi connectivity index (χ2v) is 9.01. The molecule has 4 aromatic carbocycles. The molecule has 5 rings (SSSR count). The molecule has 1 N–H and O–H groups in total. The highest BCUT2D eigenvalue weighted by molar-refractivity contribution is 6.40. The van der Waals surface area contributed by atoms with Crippen LogP contribution in [0.15, 0.2) is 103 Å². The molecule has 0 saturated carbocycles. The highest BCUT2D eigenvalue weighted by atomic mass is 35.5. The van der Waals surface area contributed by atoms with Crippen LogP contribution in [0, 0.1) is 10.1 Å². The number of non-ortho nitro benzene ring substituents is 1. The minimum atomic E-state index is -0.639. The number of amides is 1. The SMILES string of the molecule is O=C1/C(=C/c2cccc(Oc3ccccc3)c2)N[C@H](c2ccccc2)N1c1c(Cl)cc([N+](=O)[O-])cc1Cl. The van der Waals surface area contributed by atoms with Crippen LogP contribution in [0.4, 0.5) is 11.4 Å². The Hall–Kier alpha value is -4.33. The second-order valence-electron chi connectivity index (χ2n) is 8.19. The van der Waals surface area contributed by atoms with Crippen LogP contribution < -0.4 is 15.0 Å². The van der Waals surface area contributed by atoms with Crippen molar-refractivity contribution in [1.82, 2.24) is 5.32 Å². The van der Waals surface area contributed by atoms with Crippen LogP contribution in [-0.2, 0) is 4.79 Å². The largest absolute Gasteiger partial charge is 0.457 e. The van der Waals surface area contributed by atoms with Gasteiger partial charge in [-0.15, -0.1) is 0 Å². The van der Waals surface area contributed by atoms with E-state index in [0.717, 1.165) is 11.1 Å².